The second-order valence-electron chi connectivity index (χ2n) is 5.83. The maximum Gasteiger partial charge on any atom is 0.0485 e. The van der Waals surface area contributed by atoms with E-state index in [0.29, 0.717) is 6.54 Å². The smallest absolute Gasteiger partial charge is 0.0485 e. The lowest BCUT2D eigenvalue weighted by atomic mass is 10.1. The summed E-state index contributed by atoms with van der Waals surface area (Å²) < 4.78 is 2.48. The lowest BCUT2D eigenvalue weighted by Gasteiger charge is -2.08. The zero-order valence-electron chi connectivity index (χ0n) is 13.2. The third-order valence-electron chi connectivity index (χ3n) is 4.42. The molecule has 0 aliphatic heterocycles. The first-order valence-corrected chi connectivity index (χ1v) is 7.97. The van der Waals surface area contributed by atoms with Crippen molar-refractivity contribution < 1.29 is 0 Å². The van der Waals surface area contributed by atoms with Gasteiger partial charge in [0.25, 0.3) is 0 Å². The monoisotopic (exact) mass is 272 g/mol. The zero-order valence-corrected chi connectivity index (χ0v) is 13.2. The van der Waals surface area contributed by atoms with Gasteiger partial charge in [-0.2, -0.15) is 0 Å². The molecule has 1 aromatic carbocycles. The molecule has 0 unspecified atom stereocenters. The first-order valence-electron chi connectivity index (χ1n) is 7.97. The molecule has 2 aromatic rings. The summed E-state index contributed by atoms with van der Waals surface area (Å²) >= 11 is 0. The maximum atomic E-state index is 5.76. The maximum absolute atomic E-state index is 5.76. The Bertz CT molecular complexity index is 566. The quantitative estimate of drug-likeness (QED) is 0.728. The summed E-state index contributed by atoms with van der Waals surface area (Å²) in [6.07, 6.45) is 6.66. The Kier molecular flexibility index (Phi) is 5.24. The molecular formula is C18H28N2. The molecule has 0 saturated heterocycles. The zero-order chi connectivity index (χ0) is 14.5. The predicted molar refractivity (Wildman–Crippen MR) is 88.1 cm³/mol. The number of rotatable bonds is 7. The van der Waals surface area contributed by atoms with E-state index >= 15 is 0 Å². The number of fused-ring (bicyclic) bond motifs is 1. The molecule has 0 fully saturated rings. The normalized spacial score (nSPS) is 11.4. The Morgan fingerprint density at radius 3 is 2.50 bits per heavy atom. The number of benzene rings is 1. The van der Waals surface area contributed by atoms with E-state index in [9.17, 15) is 0 Å². The molecule has 0 aliphatic carbocycles. The summed E-state index contributed by atoms with van der Waals surface area (Å²) in [7, 11) is 0. The number of hydrogen-bond acceptors (Lipinski definition) is 1. The van der Waals surface area contributed by atoms with Crippen molar-refractivity contribution in [1.82, 2.24) is 4.57 Å². The van der Waals surface area contributed by atoms with Crippen molar-refractivity contribution in [2.24, 2.45) is 5.73 Å². The Morgan fingerprint density at radius 2 is 1.80 bits per heavy atom. The van der Waals surface area contributed by atoms with E-state index in [0.717, 1.165) is 6.54 Å². The fourth-order valence-corrected chi connectivity index (χ4v) is 2.99. The molecule has 0 radical (unpaired) electrons. The highest BCUT2D eigenvalue weighted by Gasteiger charge is 2.10. The van der Waals surface area contributed by atoms with E-state index < -0.39 is 0 Å². The van der Waals surface area contributed by atoms with Gasteiger partial charge in [0.05, 0.1) is 0 Å². The number of nitrogens with zero attached hydrogens (tertiary/aromatic N) is 1. The molecule has 2 N–H and O–H groups in total. The van der Waals surface area contributed by atoms with Crippen LogP contribution in [0.3, 0.4) is 0 Å². The third kappa shape index (κ3) is 3.06. The minimum atomic E-state index is 0.622. The van der Waals surface area contributed by atoms with Gasteiger partial charge in [-0.1, -0.05) is 38.7 Å². The number of nitrogens with two attached hydrogens (primary N) is 1. The van der Waals surface area contributed by atoms with Crippen molar-refractivity contribution in [3.8, 4) is 0 Å². The highest BCUT2D eigenvalue weighted by atomic mass is 15.0. The van der Waals surface area contributed by atoms with Crippen LogP contribution in [0.25, 0.3) is 10.9 Å². The van der Waals surface area contributed by atoms with E-state index in [-0.39, 0.29) is 0 Å². The van der Waals surface area contributed by atoms with Crippen molar-refractivity contribution in [1.29, 1.82) is 0 Å². The van der Waals surface area contributed by atoms with Crippen molar-refractivity contribution in [2.75, 3.05) is 0 Å². The van der Waals surface area contributed by atoms with Gasteiger partial charge in [-0.15, -0.1) is 0 Å². The molecule has 1 heterocycles. The third-order valence-corrected chi connectivity index (χ3v) is 4.42. The van der Waals surface area contributed by atoms with Crippen molar-refractivity contribution in [2.45, 2.75) is 66.0 Å². The fraction of sp³-hybridized carbons (Fsp3) is 0.556. The van der Waals surface area contributed by atoms with Crippen molar-refractivity contribution in [3.05, 3.63) is 35.0 Å². The minimum absolute atomic E-state index is 0.622. The molecule has 2 rings (SSSR count). The molecule has 0 aliphatic rings. The minimum Gasteiger partial charge on any atom is -0.345 e. The fourth-order valence-electron chi connectivity index (χ4n) is 2.99. The lowest BCUT2D eigenvalue weighted by Crippen LogP contribution is -2.01. The van der Waals surface area contributed by atoms with Gasteiger partial charge in [-0.3, -0.25) is 0 Å². The molecule has 2 heteroatoms. The van der Waals surface area contributed by atoms with Crippen LogP contribution in [0.5, 0.6) is 0 Å². The first kappa shape index (κ1) is 15.1. The van der Waals surface area contributed by atoms with Crippen LogP contribution >= 0.6 is 0 Å². The Balaban J connectivity index is 2.18. The van der Waals surface area contributed by atoms with Crippen LogP contribution in [0.15, 0.2) is 18.2 Å². The van der Waals surface area contributed by atoms with Gasteiger partial charge in [0, 0.05) is 29.7 Å². The Hall–Kier alpha value is -1.28. The highest BCUT2D eigenvalue weighted by Crippen LogP contribution is 2.26. The van der Waals surface area contributed by atoms with E-state index in [1.54, 1.807) is 0 Å². The van der Waals surface area contributed by atoms with Gasteiger partial charge < -0.3 is 10.3 Å². The molecule has 20 heavy (non-hydrogen) atoms. The molecule has 2 nitrogen and oxygen atoms in total. The Labute approximate surface area is 123 Å². The predicted octanol–water partition coefficient (Wildman–Crippen LogP) is 4.69. The average molecular weight is 272 g/mol. The Morgan fingerprint density at radius 1 is 1.05 bits per heavy atom. The van der Waals surface area contributed by atoms with E-state index in [4.69, 9.17) is 5.73 Å². The van der Waals surface area contributed by atoms with Crippen molar-refractivity contribution in [3.63, 3.8) is 0 Å². The first-order chi connectivity index (χ1) is 9.69. The van der Waals surface area contributed by atoms with Gasteiger partial charge >= 0.3 is 0 Å². The van der Waals surface area contributed by atoms with E-state index in [1.807, 2.05) is 0 Å². The highest BCUT2D eigenvalue weighted by molar-refractivity contribution is 5.86. The van der Waals surface area contributed by atoms with Crippen LogP contribution in [-0.4, -0.2) is 4.57 Å². The van der Waals surface area contributed by atoms with E-state index in [1.165, 1.54) is 59.8 Å². The van der Waals surface area contributed by atoms with Gasteiger partial charge in [-0.25, -0.2) is 0 Å². The summed E-state index contributed by atoms with van der Waals surface area (Å²) in [5, 5.41) is 1.37. The van der Waals surface area contributed by atoms with Crippen LogP contribution < -0.4 is 5.73 Å². The van der Waals surface area contributed by atoms with Crippen LogP contribution in [0.2, 0.25) is 0 Å². The molecule has 1 aromatic heterocycles. The van der Waals surface area contributed by atoms with Crippen LogP contribution in [-0.2, 0) is 13.1 Å². The second-order valence-corrected chi connectivity index (χ2v) is 5.83. The van der Waals surface area contributed by atoms with Crippen LogP contribution in [0.1, 0.15) is 55.8 Å². The molecule has 0 amide bonds. The van der Waals surface area contributed by atoms with Gasteiger partial charge in [-0.05, 0) is 43.5 Å². The molecule has 0 bridgehead atoms. The summed E-state index contributed by atoms with van der Waals surface area (Å²) in [5.74, 6) is 0. The van der Waals surface area contributed by atoms with Crippen molar-refractivity contribution >= 4 is 10.9 Å². The summed E-state index contributed by atoms with van der Waals surface area (Å²) in [5.41, 5.74) is 11.2. The summed E-state index contributed by atoms with van der Waals surface area (Å²) in [6, 6.07) is 6.66. The SMILES string of the molecule is CCCCCCCn1c(C)c(C)c2cc(CN)ccc21. The average Bonchev–Trinajstić information content (AvgIpc) is 2.71. The number of aryl methyl sites for hydroxylation is 2. The van der Waals surface area contributed by atoms with Gasteiger partial charge in [0.15, 0.2) is 0 Å². The molecule has 0 saturated carbocycles. The number of aromatic nitrogens is 1. The van der Waals surface area contributed by atoms with Crippen LogP contribution in [0.4, 0.5) is 0 Å². The lowest BCUT2D eigenvalue weighted by molar-refractivity contribution is 0.571. The molecule has 0 atom stereocenters. The van der Waals surface area contributed by atoms with Gasteiger partial charge in [0.1, 0.15) is 0 Å². The largest absolute Gasteiger partial charge is 0.345 e. The number of unbranched alkanes of at least 4 members (excludes halogenated alkanes) is 4. The summed E-state index contributed by atoms with van der Waals surface area (Å²) in [6.45, 7) is 8.50. The second kappa shape index (κ2) is 6.94. The molecule has 0 spiro atoms. The van der Waals surface area contributed by atoms with E-state index in [2.05, 4.69) is 43.5 Å². The number of hydrogen-bond donors (Lipinski definition) is 1. The topological polar surface area (TPSA) is 30.9 Å². The molecule has 110 valence electrons. The standard InChI is InChI=1S/C18H28N2/c1-4-5-6-7-8-11-20-15(3)14(2)17-12-16(13-19)9-10-18(17)20/h9-10,12H,4-8,11,13,19H2,1-3H3. The van der Waals surface area contributed by atoms with Crippen LogP contribution in [0, 0.1) is 13.8 Å². The van der Waals surface area contributed by atoms with Gasteiger partial charge in [0.2, 0.25) is 0 Å². The molecular weight excluding hydrogens is 244 g/mol. The summed E-state index contributed by atoms with van der Waals surface area (Å²) in [4.78, 5) is 0.